The summed E-state index contributed by atoms with van der Waals surface area (Å²) in [6.07, 6.45) is 0.629. The molecule has 2 rings (SSSR count). The van der Waals surface area contributed by atoms with Gasteiger partial charge in [0.1, 0.15) is 6.10 Å². The number of aromatic nitrogens is 1. The first-order valence-corrected chi connectivity index (χ1v) is 6.13. The fourth-order valence-corrected chi connectivity index (χ4v) is 1.83. The number of hydrogen-bond acceptors (Lipinski definition) is 5. The molecular formula is C14H14N2O4. The molecule has 6 heteroatoms. The lowest BCUT2D eigenvalue weighted by molar-refractivity contribution is -0.385. The molecule has 0 aliphatic carbocycles. The Morgan fingerprint density at radius 2 is 2.20 bits per heavy atom. The van der Waals surface area contributed by atoms with Crippen molar-refractivity contribution >= 4 is 5.69 Å². The van der Waals surface area contributed by atoms with Crippen molar-refractivity contribution < 1.29 is 14.8 Å². The molecule has 2 aromatic rings. The third kappa shape index (κ3) is 2.92. The van der Waals surface area contributed by atoms with Crippen molar-refractivity contribution in [1.29, 1.82) is 0 Å². The van der Waals surface area contributed by atoms with Gasteiger partial charge in [0.2, 0.25) is 0 Å². The number of hydrogen-bond donors (Lipinski definition) is 1. The highest BCUT2D eigenvalue weighted by Gasteiger charge is 2.19. The van der Waals surface area contributed by atoms with Crippen molar-refractivity contribution in [2.45, 2.75) is 13.0 Å². The highest BCUT2D eigenvalue weighted by atomic mass is 16.6. The standard InChI is InChI=1S/C14H14N2O4/c1-2-20-13-9-10(6-7-12(13)16(18)19)14(17)11-5-3-4-8-15-11/h3-9,14,17H,2H2,1H3. The van der Waals surface area contributed by atoms with E-state index in [0.29, 0.717) is 17.9 Å². The summed E-state index contributed by atoms with van der Waals surface area (Å²) in [6.45, 7) is 2.05. The second kappa shape index (κ2) is 6.12. The van der Waals surface area contributed by atoms with Crippen LogP contribution in [0, 0.1) is 10.1 Å². The molecule has 1 aromatic carbocycles. The van der Waals surface area contributed by atoms with Crippen LogP contribution in [-0.4, -0.2) is 21.6 Å². The summed E-state index contributed by atoms with van der Waals surface area (Å²) >= 11 is 0. The molecule has 1 heterocycles. The minimum atomic E-state index is -0.948. The maximum absolute atomic E-state index is 10.9. The normalized spacial score (nSPS) is 11.9. The Balaban J connectivity index is 2.38. The van der Waals surface area contributed by atoms with E-state index in [1.54, 1.807) is 31.3 Å². The summed E-state index contributed by atoms with van der Waals surface area (Å²) in [6, 6.07) is 9.50. The van der Waals surface area contributed by atoms with E-state index in [1.165, 1.54) is 18.2 Å². The number of pyridine rings is 1. The highest BCUT2D eigenvalue weighted by Crippen LogP contribution is 2.31. The molecular weight excluding hydrogens is 260 g/mol. The molecule has 0 saturated heterocycles. The smallest absolute Gasteiger partial charge is 0.310 e. The lowest BCUT2D eigenvalue weighted by atomic mass is 10.1. The summed E-state index contributed by atoms with van der Waals surface area (Å²) in [5, 5.41) is 21.1. The van der Waals surface area contributed by atoms with Crippen LogP contribution in [0.25, 0.3) is 0 Å². The number of benzene rings is 1. The van der Waals surface area contributed by atoms with Crippen molar-refractivity contribution in [3.63, 3.8) is 0 Å². The SMILES string of the molecule is CCOc1cc(C(O)c2ccccn2)ccc1[N+](=O)[O-]. The van der Waals surface area contributed by atoms with E-state index in [-0.39, 0.29) is 11.4 Å². The van der Waals surface area contributed by atoms with Gasteiger partial charge in [-0.1, -0.05) is 6.07 Å². The first kappa shape index (κ1) is 14.0. The predicted molar refractivity (Wildman–Crippen MR) is 72.6 cm³/mol. The van der Waals surface area contributed by atoms with Crippen LogP contribution in [0.5, 0.6) is 5.75 Å². The zero-order valence-electron chi connectivity index (χ0n) is 10.9. The third-order valence-corrected chi connectivity index (χ3v) is 2.76. The fraction of sp³-hybridized carbons (Fsp3) is 0.214. The number of nitrogens with zero attached hydrogens (tertiary/aromatic N) is 2. The molecule has 0 aliphatic heterocycles. The maximum atomic E-state index is 10.9. The van der Waals surface area contributed by atoms with E-state index < -0.39 is 11.0 Å². The van der Waals surface area contributed by atoms with Crippen molar-refractivity contribution in [3.05, 3.63) is 64.0 Å². The van der Waals surface area contributed by atoms with Gasteiger partial charge in [0.15, 0.2) is 5.75 Å². The zero-order valence-corrected chi connectivity index (χ0v) is 10.9. The van der Waals surface area contributed by atoms with Crippen LogP contribution in [0.2, 0.25) is 0 Å². The van der Waals surface area contributed by atoms with Crippen LogP contribution in [0.15, 0.2) is 42.6 Å². The van der Waals surface area contributed by atoms with E-state index in [0.717, 1.165) is 0 Å². The van der Waals surface area contributed by atoms with Crippen LogP contribution in [0.4, 0.5) is 5.69 Å². The van der Waals surface area contributed by atoms with Gasteiger partial charge >= 0.3 is 5.69 Å². The molecule has 0 aliphatic rings. The topological polar surface area (TPSA) is 85.5 Å². The molecule has 1 N–H and O–H groups in total. The Bertz CT molecular complexity index is 601. The van der Waals surface area contributed by atoms with Gasteiger partial charge in [-0.15, -0.1) is 0 Å². The number of ether oxygens (including phenoxy) is 1. The van der Waals surface area contributed by atoms with Crippen LogP contribution < -0.4 is 4.74 Å². The lowest BCUT2D eigenvalue weighted by Gasteiger charge is -2.12. The number of rotatable bonds is 5. The molecule has 0 amide bonds. The van der Waals surface area contributed by atoms with Crippen LogP contribution in [-0.2, 0) is 0 Å². The largest absolute Gasteiger partial charge is 0.487 e. The highest BCUT2D eigenvalue weighted by molar-refractivity contribution is 5.49. The molecule has 104 valence electrons. The first-order chi connectivity index (χ1) is 9.63. The summed E-state index contributed by atoms with van der Waals surface area (Å²) in [4.78, 5) is 14.4. The summed E-state index contributed by atoms with van der Waals surface area (Å²) < 4.78 is 5.25. The number of aliphatic hydroxyl groups excluding tert-OH is 1. The van der Waals surface area contributed by atoms with Gasteiger partial charge in [-0.2, -0.15) is 0 Å². The Kier molecular flexibility index (Phi) is 4.27. The molecule has 6 nitrogen and oxygen atoms in total. The van der Waals surface area contributed by atoms with Crippen molar-refractivity contribution in [2.24, 2.45) is 0 Å². The molecule has 20 heavy (non-hydrogen) atoms. The van der Waals surface area contributed by atoms with Gasteiger partial charge in [-0.05, 0) is 36.8 Å². The summed E-state index contributed by atoms with van der Waals surface area (Å²) in [5.41, 5.74) is 0.852. The number of nitro benzene ring substituents is 1. The Labute approximate surface area is 115 Å². The lowest BCUT2D eigenvalue weighted by Crippen LogP contribution is -2.04. The van der Waals surface area contributed by atoms with Crippen LogP contribution >= 0.6 is 0 Å². The van der Waals surface area contributed by atoms with E-state index >= 15 is 0 Å². The van der Waals surface area contributed by atoms with Gasteiger partial charge in [0.05, 0.1) is 17.2 Å². The third-order valence-electron chi connectivity index (χ3n) is 2.76. The molecule has 1 unspecified atom stereocenters. The Morgan fingerprint density at radius 3 is 2.80 bits per heavy atom. The van der Waals surface area contributed by atoms with E-state index in [2.05, 4.69) is 4.98 Å². The Morgan fingerprint density at radius 1 is 1.40 bits per heavy atom. The molecule has 0 radical (unpaired) electrons. The molecule has 1 aromatic heterocycles. The minimum absolute atomic E-state index is 0.121. The fourth-order valence-electron chi connectivity index (χ4n) is 1.83. The van der Waals surface area contributed by atoms with Crippen LogP contribution in [0.1, 0.15) is 24.3 Å². The second-order valence-corrected chi connectivity index (χ2v) is 4.07. The monoisotopic (exact) mass is 274 g/mol. The van der Waals surface area contributed by atoms with Crippen molar-refractivity contribution in [3.8, 4) is 5.75 Å². The quantitative estimate of drug-likeness (QED) is 0.668. The zero-order chi connectivity index (χ0) is 14.5. The van der Waals surface area contributed by atoms with Crippen molar-refractivity contribution in [1.82, 2.24) is 4.98 Å². The van der Waals surface area contributed by atoms with E-state index in [1.807, 2.05) is 0 Å². The van der Waals surface area contributed by atoms with Gasteiger partial charge in [-0.3, -0.25) is 15.1 Å². The molecule has 0 saturated carbocycles. The Hall–Kier alpha value is -2.47. The molecule has 0 spiro atoms. The van der Waals surface area contributed by atoms with E-state index in [4.69, 9.17) is 4.74 Å². The summed E-state index contributed by atoms with van der Waals surface area (Å²) in [5.74, 6) is 0.144. The number of nitro groups is 1. The van der Waals surface area contributed by atoms with Gasteiger partial charge in [0, 0.05) is 12.3 Å². The van der Waals surface area contributed by atoms with Crippen LogP contribution in [0.3, 0.4) is 0 Å². The maximum Gasteiger partial charge on any atom is 0.310 e. The number of aliphatic hydroxyl groups is 1. The second-order valence-electron chi connectivity index (χ2n) is 4.07. The van der Waals surface area contributed by atoms with Gasteiger partial charge in [0.25, 0.3) is 0 Å². The summed E-state index contributed by atoms with van der Waals surface area (Å²) in [7, 11) is 0. The van der Waals surface area contributed by atoms with Gasteiger partial charge < -0.3 is 9.84 Å². The first-order valence-electron chi connectivity index (χ1n) is 6.13. The average molecular weight is 274 g/mol. The minimum Gasteiger partial charge on any atom is -0.487 e. The van der Waals surface area contributed by atoms with Crippen molar-refractivity contribution in [2.75, 3.05) is 6.61 Å². The molecule has 1 atom stereocenters. The molecule has 0 fully saturated rings. The van der Waals surface area contributed by atoms with Gasteiger partial charge in [-0.25, -0.2) is 0 Å². The molecule has 0 bridgehead atoms. The van der Waals surface area contributed by atoms with E-state index in [9.17, 15) is 15.2 Å². The average Bonchev–Trinajstić information content (AvgIpc) is 2.47. The predicted octanol–water partition coefficient (Wildman–Crippen LogP) is 2.47.